The van der Waals surface area contributed by atoms with Crippen molar-refractivity contribution in [3.8, 4) is 56.6 Å². The second-order valence-electron chi connectivity index (χ2n) is 15.0. The Hall–Kier alpha value is -8.02. The zero-order valence-electron chi connectivity index (χ0n) is 31.8. The maximum absolute atomic E-state index is 6.49. The van der Waals surface area contributed by atoms with Gasteiger partial charge in [-0.05, 0) is 77.9 Å². The van der Waals surface area contributed by atoms with Crippen molar-refractivity contribution >= 4 is 54.6 Å². The van der Waals surface area contributed by atoms with Gasteiger partial charge in [-0.1, -0.05) is 140 Å². The van der Waals surface area contributed by atoms with E-state index in [2.05, 4.69) is 191 Å². The number of benzene rings is 8. The molecule has 5 heteroatoms. The molecule has 0 unspecified atom stereocenters. The number of hydrogen-bond donors (Lipinski definition) is 0. The van der Waals surface area contributed by atoms with Gasteiger partial charge in [-0.3, -0.25) is 0 Å². The number of furan rings is 1. The van der Waals surface area contributed by atoms with Crippen LogP contribution in [-0.4, -0.2) is 19.1 Å². The fourth-order valence-corrected chi connectivity index (χ4v) is 8.83. The van der Waals surface area contributed by atoms with E-state index >= 15 is 0 Å². The van der Waals surface area contributed by atoms with Gasteiger partial charge in [0.05, 0.1) is 27.8 Å². The summed E-state index contributed by atoms with van der Waals surface area (Å²) in [7, 11) is 0. The summed E-state index contributed by atoms with van der Waals surface area (Å²) in [5.41, 5.74) is 13.1. The maximum Gasteiger partial charge on any atom is 0.160 e. The van der Waals surface area contributed by atoms with E-state index < -0.39 is 0 Å². The molecule has 0 aliphatic heterocycles. The van der Waals surface area contributed by atoms with Crippen LogP contribution in [0.1, 0.15) is 0 Å². The third-order valence-electron chi connectivity index (χ3n) is 11.5. The van der Waals surface area contributed by atoms with Crippen molar-refractivity contribution in [2.45, 2.75) is 0 Å². The molecule has 12 aromatic rings. The summed E-state index contributed by atoms with van der Waals surface area (Å²) in [6.45, 7) is 0. The largest absolute Gasteiger partial charge is 0.454 e. The van der Waals surface area contributed by atoms with Crippen molar-refractivity contribution in [2.24, 2.45) is 0 Å². The summed E-state index contributed by atoms with van der Waals surface area (Å²) in [5.74, 6) is 1.30. The molecule has 12 rings (SSSR count). The predicted molar refractivity (Wildman–Crippen MR) is 242 cm³/mol. The number of fused-ring (bicyclic) bond motifs is 7. The minimum Gasteiger partial charge on any atom is -0.454 e. The van der Waals surface area contributed by atoms with Gasteiger partial charge in [0, 0.05) is 49.4 Å². The fraction of sp³-hybridized carbons (Fsp3) is 0. The molecule has 0 fully saturated rings. The molecule has 0 spiro atoms. The van der Waals surface area contributed by atoms with Crippen molar-refractivity contribution in [3.05, 3.63) is 206 Å². The number of aromatic nitrogens is 4. The Kier molecular flexibility index (Phi) is 7.47. The average molecular weight is 755 g/mol. The molecule has 59 heavy (non-hydrogen) atoms. The predicted octanol–water partition coefficient (Wildman–Crippen LogP) is 14.1. The molecular formula is C54H34N4O. The molecule has 0 bridgehead atoms. The quantitative estimate of drug-likeness (QED) is 0.170. The van der Waals surface area contributed by atoms with E-state index in [1.54, 1.807) is 0 Å². The highest BCUT2D eigenvalue weighted by molar-refractivity contribution is 6.10. The lowest BCUT2D eigenvalue weighted by atomic mass is 10.0. The Morgan fingerprint density at radius 1 is 0.339 bits per heavy atom. The van der Waals surface area contributed by atoms with E-state index in [0.717, 1.165) is 72.4 Å². The monoisotopic (exact) mass is 754 g/mol. The highest BCUT2D eigenvalue weighted by Gasteiger charge is 2.20. The number of rotatable bonds is 6. The topological polar surface area (TPSA) is 48.8 Å². The van der Waals surface area contributed by atoms with Gasteiger partial charge < -0.3 is 13.6 Å². The fourth-order valence-electron chi connectivity index (χ4n) is 8.83. The molecule has 8 aromatic carbocycles. The van der Waals surface area contributed by atoms with Crippen LogP contribution in [0.2, 0.25) is 0 Å². The third kappa shape index (κ3) is 5.47. The van der Waals surface area contributed by atoms with Gasteiger partial charge in [-0.2, -0.15) is 0 Å². The second kappa shape index (κ2) is 13.3. The van der Waals surface area contributed by atoms with Gasteiger partial charge in [0.2, 0.25) is 0 Å². The second-order valence-corrected chi connectivity index (χ2v) is 15.0. The first kappa shape index (κ1) is 33.2. The molecule has 276 valence electrons. The first-order valence-electron chi connectivity index (χ1n) is 19.9. The van der Waals surface area contributed by atoms with Crippen LogP contribution in [-0.2, 0) is 0 Å². The van der Waals surface area contributed by atoms with Crippen molar-refractivity contribution < 1.29 is 4.42 Å². The van der Waals surface area contributed by atoms with Crippen molar-refractivity contribution in [2.75, 3.05) is 0 Å². The zero-order chi connectivity index (χ0) is 38.9. The molecule has 0 saturated carbocycles. The van der Waals surface area contributed by atoms with E-state index in [9.17, 15) is 0 Å². The van der Waals surface area contributed by atoms with Crippen molar-refractivity contribution in [1.29, 1.82) is 0 Å². The minimum absolute atomic E-state index is 0.604. The Bertz CT molecular complexity index is 3300. The van der Waals surface area contributed by atoms with Crippen LogP contribution in [0.15, 0.2) is 211 Å². The summed E-state index contributed by atoms with van der Waals surface area (Å²) in [6, 6.07) is 72.6. The standard InChI is InChI=1S/C54H34N4O/c1-2-15-35(16-3-1)36-18-14-19-37(29-36)46-34-47(53-32-38-17-4-13-28-52(38)59-53)56-54(55-46)39-30-40(57-48-24-9-5-20-42(48)43-21-6-10-25-49(43)57)33-41(31-39)58-50-26-11-7-22-44(50)45-23-8-12-27-51(45)58/h1-34H. The van der Waals surface area contributed by atoms with Crippen LogP contribution in [0.25, 0.3) is 111 Å². The number of para-hydroxylation sites is 5. The third-order valence-corrected chi connectivity index (χ3v) is 11.5. The zero-order valence-corrected chi connectivity index (χ0v) is 31.8. The highest BCUT2D eigenvalue weighted by Crippen LogP contribution is 2.39. The highest BCUT2D eigenvalue weighted by atomic mass is 16.3. The van der Waals surface area contributed by atoms with Crippen LogP contribution >= 0.6 is 0 Å². The average Bonchev–Trinajstić information content (AvgIpc) is 4.00. The molecule has 4 aromatic heterocycles. The van der Waals surface area contributed by atoms with Crippen LogP contribution in [0, 0.1) is 0 Å². The lowest BCUT2D eigenvalue weighted by Crippen LogP contribution is -2.02. The van der Waals surface area contributed by atoms with Gasteiger partial charge >= 0.3 is 0 Å². The van der Waals surface area contributed by atoms with Gasteiger partial charge in [0.15, 0.2) is 11.6 Å². The van der Waals surface area contributed by atoms with Crippen molar-refractivity contribution in [1.82, 2.24) is 19.1 Å². The van der Waals surface area contributed by atoms with E-state index in [1.165, 1.54) is 21.5 Å². The Morgan fingerprint density at radius 3 is 1.42 bits per heavy atom. The van der Waals surface area contributed by atoms with Crippen LogP contribution < -0.4 is 0 Å². The van der Waals surface area contributed by atoms with Crippen LogP contribution in [0.4, 0.5) is 0 Å². The van der Waals surface area contributed by atoms with E-state index in [1.807, 2.05) is 24.3 Å². The molecule has 0 atom stereocenters. The molecule has 4 heterocycles. The van der Waals surface area contributed by atoms with Gasteiger partial charge in [0.25, 0.3) is 0 Å². The number of hydrogen-bond acceptors (Lipinski definition) is 3. The lowest BCUT2D eigenvalue weighted by molar-refractivity contribution is 0.628. The van der Waals surface area contributed by atoms with Gasteiger partial charge in [0.1, 0.15) is 11.3 Å². The van der Waals surface area contributed by atoms with Gasteiger partial charge in [-0.25, -0.2) is 9.97 Å². The molecular weight excluding hydrogens is 721 g/mol. The summed E-state index contributed by atoms with van der Waals surface area (Å²) >= 11 is 0. The van der Waals surface area contributed by atoms with E-state index in [-0.39, 0.29) is 0 Å². The van der Waals surface area contributed by atoms with E-state index in [4.69, 9.17) is 14.4 Å². The SMILES string of the molecule is c1ccc(-c2cccc(-c3cc(-c4cc5ccccc5o4)nc(-c4cc(-n5c6ccccc6c6ccccc65)cc(-n5c6ccccc6c6ccccc65)c4)n3)c2)cc1. The first-order chi connectivity index (χ1) is 29.2. The molecule has 0 radical (unpaired) electrons. The van der Waals surface area contributed by atoms with Gasteiger partial charge in [-0.15, -0.1) is 0 Å². The van der Waals surface area contributed by atoms with Crippen LogP contribution in [0.5, 0.6) is 0 Å². The molecule has 5 nitrogen and oxygen atoms in total. The molecule has 0 amide bonds. The Morgan fingerprint density at radius 2 is 0.831 bits per heavy atom. The Balaban J connectivity index is 1.15. The Labute approximate surface area is 339 Å². The molecule has 0 N–H and O–H groups in total. The molecule has 0 saturated heterocycles. The summed E-state index contributed by atoms with van der Waals surface area (Å²) in [6.07, 6.45) is 0. The molecule has 0 aliphatic rings. The lowest BCUT2D eigenvalue weighted by Gasteiger charge is -2.16. The summed E-state index contributed by atoms with van der Waals surface area (Å²) in [5, 5.41) is 5.84. The minimum atomic E-state index is 0.604. The molecule has 0 aliphatic carbocycles. The summed E-state index contributed by atoms with van der Waals surface area (Å²) in [4.78, 5) is 10.8. The van der Waals surface area contributed by atoms with Crippen LogP contribution in [0.3, 0.4) is 0 Å². The maximum atomic E-state index is 6.49. The normalized spacial score (nSPS) is 11.7. The number of nitrogens with zero attached hydrogens (tertiary/aromatic N) is 4. The van der Waals surface area contributed by atoms with E-state index in [0.29, 0.717) is 17.3 Å². The first-order valence-corrected chi connectivity index (χ1v) is 19.9. The smallest absolute Gasteiger partial charge is 0.160 e. The van der Waals surface area contributed by atoms with Crippen molar-refractivity contribution in [3.63, 3.8) is 0 Å². The summed E-state index contributed by atoms with van der Waals surface area (Å²) < 4.78 is 11.2.